The number of amides is 1. The number of piperidine rings is 1. The minimum absolute atomic E-state index is 0.0129. The van der Waals surface area contributed by atoms with Crippen LogP contribution in [0, 0.1) is 11.6 Å². The standard InChI is InChI=1S/C29H35F2N7O5/c1-40-17-5-8-36(9-6-17)7-3-4-23(39)37-10-12-38(13-11-37)27-18-16-42-22(15-21(18)33-29(35-27)41-2)24-19(30)14-20(31)26-25(24)34-28(32)43-26/h3-4,14,17,22H,5-13,15-16H2,1-2H3,(H2,32,34)/b4-3+. The number of benzene rings is 1. The number of fused-ring (bicyclic) bond motifs is 2. The van der Waals surface area contributed by atoms with Crippen molar-refractivity contribution in [3.8, 4) is 6.01 Å². The van der Waals surface area contributed by atoms with Gasteiger partial charge >= 0.3 is 6.01 Å². The summed E-state index contributed by atoms with van der Waals surface area (Å²) in [5.74, 6) is -1.06. The highest BCUT2D eigenvalue weighted by Crippen LogP contribution is 2.39. The van der Waals surface area contributed by atoms with E-state index in [1.165, 1.54) is 7.11 Å². The molecule has 0 radical (unpaired) electrons. The molecule has 2 fully saturated rings. The molecule has 0 aliphatic carbocycles. The largest absolute Gasteiger partial charge is 0.467 e. The number of methoxy groups -OCH3 is 2. The van der Waals surface area contributed by atoms with Crippen molar-refractivity contribution in [1.29, 1.82) is 0 Å². The smallest absolute Gasteiger partial charge is 0.318 e. The Hall–Kier alpha value is -3.88. The molecule has 1 atom stereocenters. The molecular formula is C29H35F2N7O5. The van der Waals surface area contributed by atoms with E-state index in [0.29, 0.717) is 43.8 Å². The van der Waals surface area contributed by atoms with Crippen molar-refractivity contribution in [2.75, 3.05) is 70.7 Å². The molecule has 43 heavy (non-hydrogen) atoms. The van der Waals surface area contributed by atoms with Crippen LogP contribution in [0.1, 0.15) is 35.8 Å². The number of anilines is 2. The number of likely N-dealkylation sites (tertiary alicyclic amines) is 1. The highest BCUT2D eigenvalue weighted by molar-refractivity contribution is 5.87. The minimum atomic E-state index is -0.890. The maximum absolute atomic E-state index is 15.0. The fourth-order valence-electron chi connectivity index (χ4n) is 6.00. The Bertz CT molecular complexity index is 1520. The summed E-state index contributed by atoms with van der Waals surface area (Å²) in [7, 11) is 3.23. The van der Waals surface area contributed by atoms with Crippen molar-refractivity contribution in [1.82, 2.24) is 24.8 Å². The van der Waals surface area contributed by atoms with Crippen LogP contribution in [0.25, 0.3) is 11.1 Å². The second-order valence-corrected chi connectivity index (χ2v) is 10.9. The van der Waals surface area contributed by atoms with Crippen LogP contribution in [-0.2, 0) is 27.3 Å². The molecule has 1 amide bonds. The lowest BCUT2D eigenvalue weighted by atomic mass is 9.97. The number of aromatic nitrogens is 3. The van der Waals surface area contributed by atoms with E-state index in [4.69, 9.17) is 24.4 Å². The monoisotopic (exact) mass is 599 g/mol. The van der Waals surface area contributed by atoms with E-state index in [2.05, 4.69) is 24.8 Å². The van der Waals surface area contributed by atoms with Gasteiger partial charge in [0, 0.05) is 82.6 Å². The molecular weight excluding hydrogens is 564 g/mol. The molecule has 230 valence electrons. The second-order valence-electron chi connectivity index (χ2n) is 10.9. The fraction of sp³-hybridized carbons (Fsp3) is 0.517. The van der Waals surface area contributed by atoms with Crippen molar-refractivity contribution in [3.63, 3.8) is 0 Å². The Morgan fingerprint density at radius 1 is 1.09 bits per heavy atom. The molecule has 6 rings (SSSR count). The third-order valence-electron chi connectivity index (χ3n) is 8.37. The molecule has 2 aromatic heterocycles. The summed E-state index contributed by atoms with van der Waals surface area (Å²) in [5, 5.41) is 0. The van der Waals surface area contributed by atoms with Crippen LogP contribution in [0.4, 0.5) is 20.6 Å². The van der Waals surface area contributed by atoms with Crippen molar-refractivity contribution in [2.24, 2.45) is 0 Å². The molecule has 3 aromatic rings. The number of hydrogen-bond acceptors (Lipinski definition) is 11. The predicted octanol–water partition coefficient (Wildman–Crippen LogP) is 2.62. The van der Waals surface area contributed by atoms with Crippen LogP contribution in [0.2, 0.25) is 0 Å². The first-order valence-corrected chi connectivity index (χ1v) is 14.4. The summed E-state index contributed by atoms with van der Waals surface area (Å²) < 4.78 is 51.4. The van der Waals surface area contributed by atoms with Gasteiger partial charge in [0.05, 0.1) is 31.6 Å². The normalized spacial score (nSPS) is 20.2. The van der Waals surface area contributed by atoms with Gasteiger partial charge in [-0.3, -0.25) is 9.69 Å². The Kier molecular flexibility index (Phi) is 8.41. The molecule has 0 saturated carbocycles. The second kappa shape index (κ2) is 12.4. The fourth-order valence-corrected chi connectivity index (χ4v) is 6.00. The zero-order valence-corrected chi connectivity index (χ0v) is 24.2. The molecule has 0 bridgehead atoms. The first-order chi connectivity index (χ1) is 20.8. The quantitative estimate of drug-likeness (QED) is 0.402. The van der Waals surface area contributed by atoms with Gasteiger partial charge in [-0.2, -0.15) is 15.0 Å². The summed E-state index contributed by atoms with van der Waals surface area (Å²) in [6.07, 6.45) is 5.32. The van der Waals surface area contributed by atoms with Gasteiger partial charge in [0.15, 0.2) is 11.4 Å². The molecule has 3 aliphatic heterocycles. The summed E-state index contributed by atoms with van der Waals surface area (Å²) in [5.41, 5.74) is 6.83. The van der Waals surface area contributed by atoms with Gasteiger partial charge in [-0.05, 0) is 12.8 Å². The average molecular weight is 600 g/mol. The summed E-state index contributed by atoms with van der Waals surface area (Å²) >= 11 is 0. The van der Waals surface area contributed by atoms with Crippen LogP contribution in [0.5, 0.6) is 6.01 Å². The molecule has 12 nitrogen and oxygen atoms in total. The number of hydrogen-bond donors (Lipinski definition) is 1. The van der Waals surface area contributed by atoms with E-state index in [1.54, 1.807) is 13.2 Å². The lowest BCUT2D eigenvalue weighted by Gasteiger charge is -2.37. The van der Waals surface area contributed by atoms with E-state index in [9.17, 15) is 9.18 Å². The maximum atomic E-state index is 15.0. The van der Waals surface area contributed by atoms with Crippen LogP contribution < -0.4 is 15.4 Å². The van der Waals surface area contributed by atoms with Crippen LogP contribution in [0.3, 0.4) is 0 Å². The summed E-state index contributed by atoms with van der Waals surface area (Å²) in [4.78, 5) is 32.2. The van der Waals surface area contributed by atoms with Crippen molar-refractivity contribution < 1.29 is 32.2 Å². The van der Waals surface area contributed by atoms with Crippen LogP contribution in [-0.4, -0.2) is 96.8 Å². The number of oxazole rings is 1. The van der Waals surface area contributed by atoms with E-state index in [1.807, 2.05) is 11.0 Å². The van der Waals surface area contributed by atoms with Gasteiger partial charge in [-0.25, -0.2) is 8.78 Å². The average Bonchev–Trinajstić information content (AvgIpc) is 3.42. The number of rotatable bonds is 7. The Labute approximate surface area is 247 Å². The lowest BCUT2D eigenvalue weighted by Crippen LogP contribution is -2.49. The van der Waals surface area contributed by atoms with E-state index in [0.717, 1.165) is 44.1 Å². The van der Waals surface area contributed by atoms with Gasteiger partial charge < -0.3 is 34.2 Å². The molecule has 1 unspecified atom stereocenters. The molecule has 14 heteroatoms. The molecule has 0 spiro atoms. The van der Waals surface area contributed by atoms with Crippen molar-refractivity contribution >= 4 is 28.8 Å². The Morgan fingerprint density at radius 3 is 2.58 bits per heavy atom. The van der Waals surface area contributed by atoms with Gasteiger partial charge in [-0.1, -0.05) is 6.08 Å². The van der Waals surface area contributed by atoms with E-state index < -0.39 is 17.7 Å². The highest BCUT2D eigenvalue weighted by atomic mass is 19.1. The number of carbonyl (C=O) groups is 1. The molecule has 2 N–H and O–H groups in total. The summed E-state index contributed by atoms with van der Waals surface area (Å²) in [6.45, 7) is 4.94. The van der Waals surface area contributed by atoms with E-state index in [-0.39, 0.29) is 47.6 Å². The predicted molar refractivity (Wildman–Crippen MR) is 153 cm³/mol. The number of nitrogens with zero attached hydrogens (tertiary/aromatic N) is 6. The zero-order chi connectivity index (χ0) is 30.1. The number of halogens is 2. The van der Waals surface area contributed by atoms with Gasteiger partial charge in [0.25, 0.3) is 6.01 Å². The first-order valence-electron chi connectivity index (χ1n) is 14.4. The van der Waals surface area contributed by atoms with Crippen molar-refractivity contribution in [3.05, 3.63) is 46.7 Å². The first kappa shape index (κ1) is 29.2. The number of carbonyl (C=O) groups excluding carboxylic acids is 1. The van der Waals surface area contributed by atoms with E-state index >= 15 is 4.39 Å². The van der Waals surface area contributed by atoms with Gasteiger partial charge in [0.1, 0.15) is 17.2 Å². The third kappa shape index (κ3) is 5.99. The topological polar surface area (TPSA) is 132 Å². The number of nitrogen functional groups attached to an aromatic ring is 1. The molecule has 1 aromatic carbocycles. The van der Waals surface area contributed by atoms with Crippen LogP contribution in [0.15, 0.2) is 22.6 Å². The SMILES string of the molecule is COc1nc2c(c(N3CCN(C(=O)/C=C/CN4CCC(OC)CC4)CC3)n1)COC(c1c(F)cc(F)c3oc(N)nc13)C2. The van der Waals surface area contributed by atoms with Gasteiger partial charge in [0.2, 0.25) is 5.91 Å². The number of piperazine rings is 1. The summed E-state index contributed by atoms with van der Waals surface area (Å²) in [6, 6.07) is 0.646. The lowest BCUT2D eigenvalue weighted by molar-refractivity contribution is -0.126. The molecule has 2 saturated heterocycles. The number of nitrogens with two attached hydrogens (primary N) is 1. The third-order valence-corrected chi connectivity index (χ3v) is 8.37. The van der Waals surface area contributed by atoms with Crippen molar-refractivity contribution in [2.45, 2.75) is 38.1 Å². The zero-order valence-electron chi connectivity index (χ0n) is 24.2. The maximum Gasteiger partial charge on any atom is 0.318 e. The Morgan fingerprint density at radius 2 is 1.86 bits per heavy atom. The van der Waals surface area contributed by atoms with Gasteiger partial charge in [-0.15, -0.1) is 0 Å². The minimum Gasteiger partial charge on any atom is -0.467 e. The molecule has 3 aliphatic rings. The Balaban J connectivity index is 1.13. The van der Waals surface area contributed by atoms with Crippen LogP contribution >= 0.6 is 0 Å². The molecule has 5 heterocycles. The highest BCUT2D eigenvalue weighted by Gasteiger charge is 2.33. The number of ether oxygens (including phenoxy) is 3.